The van der Waals surface area contributed by atoms with Gasteiger partial charge in [-0.1, -0.05) is 0 Å². The Morgan fingerprint density at radius 1 is 1.11 bits per heavy atom. The van der Waals surface area contributed by atoms with Crippen LogP contribution >= 0.6 is 0 Å². The van der Waals surface area contributed by atoms with Crippen molar-refractivity contribution in [3.8, 4) is 0 Å². The Labute approximate surface area is 111 Å². The van der Waals surface area contributed by atoms with E-state index in [1.807, 2.05) is 24.3 Å². The molecule has 3 nitrogen and oxygen atoms in total. The highest BCUT2D eigenvalue weighted by atomic mass is 16.5. The lowest BCUT2D eigenvalue weighted by Gasteiger charge is -2.27. The molecule has 0 radical (unpaired) electrons. The second kappa shape index (κ2) is 4.20. The van der Waals surface area contributed by atoms with Crippen molar-refractivity contribution in [2.75, 3.05) is 0 Å². The first-order valence-electron chi connectivity index (χ1n) is 6.96. The summed E-state index contributed by atoms with van der Waals surface area (Å²) in [4.78, 5) is 12.6. The van der Waals surface area contributed by atoms with Gasteiger partial charge in [0.15, 0.2) is 5.78 Å². The zero-order valence-electron chi connectivity index (χ0n) is 10.7. The molecule has 4 rings (SSSR count). The van der Waals surface area contributed by atoms with Crippen molar-refractivity contribution in [3.05, 3.63) is 36.1 Å². The second-order valence-corrected chi connectivity index (χ2v) is 5.66. The number of hydrogen-bond donors (Lipinski definition) is 0. The third-order valence-electron chi connectivity index (χ3n) is 4.40. The Kier molecular flexibility index (Phi) is 2.49. The summed E-state index contributed by atoms with van der Waals surface area (Å²) in [5, 5.41) is 1.00. The molecule has 3 heteroatoms. The zero-order chi connectivity index (χ0) is 12.8. The number of rotatable bonds is 2. The van der Waals surface area contributed by atoms with Crippen molar-refractivity contribution in [2.45, 2.75) is 37.9 Å². The maximum absolute atomic E-state index is 12.6. The van der Waals surface area contributed by atoms with Gasteiger partial charge in [0.2, 0.25) is 0 Å². The Morgan fingerprint density at radius 3 is 2.68 bits per heavy atom. The number of fused-ring (bicyclic) bond motifs is 3. The first-order chi connectivity index (χ1) is 9.29. The van der Waals surface area contributed by atoms with Gasteiger partial charge >= 0.3 is 0 Å². The minimum atomic E-state index is 0.135. The molecule has 2 bridgehead atoms. The fourth-order valence-electron chi connectivity index (χ4n) is 3.43. The van der Waals surface area contributed by atoms with E-state index in [9.17, 15) is 4.79 Å². The van der Waals surface area contributed by atoms with Crippen molar-refractivity contribution >= 4 is 16.8 Å². The summed E-state index contributed by atoms with van der Waals surface area (Å²) in [5.74, 6) is 0.402. The number of carbonyl (C=O) groups is 1. The van der Waals surface area contributed by atoms with Crippen LogP contribution in [0.5, 0.6) is 0 Å². The van der Waals surface area contributed by atoms with Gasteiger partial charge in [0, 0.05) is 16.9 Å². The Bertz CT molecular complexity index is 616. The second-order valence-electron chi connectivity index (χ2n) is 5.66. The standard InChI is InChI=1S/C16H16O3/c17-16(12-8-13-2-3-14(9-12)19-13)11-1-4-15-10(7-11)5-6-18-15/h1,4-7,12-14H,2-3,8-9H2. The van der Waals surface area contributed by atoms with Crippen molar-refractivity contribution in [1.29, 1.82) is 0 Å². The van der Waals surface area contributed by atoms with Gasteiger partial charge < -0.3 is 9.15 Å². The molecule has 1 aromatic heterocycles. The van der Waals surface area contributed by atoms with Crippen LogP contribution in [-0.2, 0) is 4.74 Å². The smallest absolute Gasteiger partial charge is 0.166 e. The molecule has 3 heterocycles. The molecule has 2 unspecified atom stereocenters. The van der Waals surface area contributed by atoms with Crippen LogP contribution in [0.15, 0.2) is 34.9 Å². The van der Waals surface area contributed by atoms with Crippen molar-refractivity contribution < 1.29 is 13.9 Å². The predicted molar refractivity (Wildman–Crippen MR) is 71.2 cm³/mol. The van der Waals surface area contributed by atoms with Crippen LogP contribution < -0.4 is 0 Å². The molecule has 19 heavy (non-hydrogen) atoms. The average molecular weight is 256 g/mol. The quantitative estimate of drug-likeness (QED) is 0.771. The van der Waals surface area contributed by atoms with Gasteiger partial charge in [0.25, 0.3) is 0 Å². The van der Waals surface area contributed by atoms with Crippen LogP contribution in [0.3, 0.4) is 0 Å². The molecular weight excluding hydrogens is 240 g/mol. The van der Waals surface area contributed by atoms with Gasteiger partial charge in [0.05, 0.1) is 18.5 Å². The molecule has 0 aliphatic carbocycles. The monoisotopic (exact) mass is 256 g/mol. The summed E-state index contributed by atoms with van der Waals surface area (Å²) in [6.45, 7) is 0. The van der Waals surface area contributed by atoms with Crippen LogP contribution in [0.25, 0.3) is 11.0 Å². The van der Waals surface area contributed by atoms with Gasteiger partial charge in [-0.15, -0.1) is 0 Å². The van der Waals surface area contributed by atoms with Crippen LogP contribution in [-0.4, -0.2) is 18.0 Å². The average Bonchev–Trinajstić information content (AvgIpc) is 3.03. The Morgan fingerprint density at radius 2 is 1.89 bits per heavy atom. The molecule has 2 saturated heterocycles. The van der Waals surface area contributed by atoms with Crippen molar-refractivity contribution in [3.63, 3.8) is 0 Å². The summed E-state index contributed by atoms with van der Waals surface area (Å²) in [6, 6.07) is 7.61. The van der Waals surface area contributed by atoms with E-state index in [0.717, 1.165) is 42.2 Å². The minimum Gasteiger partial charge on any atom is -0.464 e. The van der Waals surface area contributed by atoms with E-state index in [-0.39, 0.29) is 11.7 Å². The minimum absolute atomic E-state index is 0.135. The van der Waals surface area contributed by atoms with Gasteiger partial charge in [-0.05, 0) is 49.9 Å². The number of furan rings is 1. The molecule has 0 saturated carbocycles. The molecule has 0 spiro atoms. The number of hydrogen-bond acceptors (Lipinski definition) is 3. The lowest BCUT2D eigenvalue weighted by molar-refractivity contribution is -0.0149. The van der Waals surface area contributed by atoms with Gasteiger partial charge in [-0.3, -0.25) is 4.79 Å². The molecule has 2 fully saturated rings. The summed E-state index contributed by atoms with van der Waals surface area (Å²) >= 11 is 0. The molecular formula is C16H16O3. The van der Waals surface area contributed by atoms with Gasteiger partial charge in [0.1, 0.15) is 5.58 Å². The molecule has 0 N–H and O–H groups in total. The van der Waals surface area contributed by atoms with E-state index >= 15 is 0 Å². The van der Waals surface area contributed by atoms with Crippen molar-refractivity contribution in [1.82, 2.24) is 0 Å². The lowest BCUT2D eigenvalue weighted by atomic mass is 9.88. The summed E-state index contributed by atoms with van der Waals surface area (Å²) < 4.78 is 11.1. The fourth-order valence-corrected chi connectivity index (χ4v) is 3.43. The molecule has 0 amide bonds. The SMILES string of the molecule is O=C(c1ccc2occc2c1)C1CC2CCC(C1)O2. The first kappa shape index (κ1) is 11.2. The molecule has 98 valence electrons. The van der Waals surface area contributed by atoms with E-state index in [4.69, 9.17) is 9.15 Å². The maximum atomic E-state index is 12.6. The maximum Gasteiger partial charge on any atom is 0.166 e. The number of Topliss-reactive ketones (excluding diaryl/α,β-unsaturated/α-hetero) is 1. The van der Waals surface area contributed by atoms with Gasteiger partial charge in [-0.2, -0.15) is 0 Å². The molecule has 1 aromatic carbocycles. The van der Waals surface area contributed by atoms with Crippen LogP contribution in [0.1, 0.15) is 36.0 Å². The summed E-state index contributed by atoms with van der Waals surface area (Å²) in [7, 11) is 0. The number of ether oxygens (including phenoxy) is 1. The van der Waals surface area contributed by atoms with E-state index in [0.29, 0.717) is 12.2 Å². The van der Waals surface area contributed by atoms with E-state index in [2.05, 4.69) is 0 Å². The first-order valence-corrected chi connectivity index (χ1v) is 6.96. The molecule has 2 atom stereocenters. The van der Waals surface area contributed by atoms with Crippen molar-refractivity contribution in [2.24, 2.45) is 5.92 Å². The largest absolute Gasteiger partial charge is 0.464 e. The Hall–Kier alpha value is -1.61. The molecule has 2 aromatic rings. The van der Waals surface area contributed by atoms with Gasteiger partial charge in [-0.25, -0.2) is 0 Å². The lowest BCUT2D eigenvalue weighted by Crippen LogP contribution is -2.30. The summed E-state index contributed by atoms with van der Waals surface area (Å²) in [6.07, 6.45) is 6.30. The fraction of sp³-hybridized carbons (Fsp3) is 0.438. The third-order valence-corrected chi connectivity index (χ3v) is 4.40. The zero-order valence-corrected chi connectivity index (χ0v) is 10.7. The molecule has 2 aliphatic heterocycles. The number of benzene rings is 1. The number of ketones is 1. The highest BCUT2D eigenvalue weighted by Crippen LogP contribution is 2.37. The van der Waals surface area contributed by atoms with E-state index in [1.54, 1.807) is 6.26 Å². The Balaban J connectivity index is 1.62. The number of carbonyl (C=O) groups excluding carboxylic acids is 1. The predicted octanol–water partition coefficient (Wildman–Crippen LogP) is 3.57. The van der Waals surface area contributed by atoms with E-state index < -0.39 is 0 Å². The molecule has 2 aliphatic rings. The summed E-state index contributed by atoms with van der Waals surface area (Å²) in [5.41, 5.74) is 1.64. The van der Waals surface area contributed by atoms with Crippen LogP contribution in [0, 0.1) is 5.92 Å². The normalized spacial score (nSPS) is 29.8. The highest BCUT2D eigenvalue weighted by molar-refractivity contribution is 6.00. The van der Waals surface area contributed by atoms with Crippen LogP contribution in [0.4, 0.5) is 0 Å². The topological polar surface area (TPSA) is 39.4 Å². The third kappa shape index (κ3) is 1.89. The van der Waals surface area contributed by atoms with E-state index in [1.165, 1.54) is 0 Å². The highest BCUT2D eigenvalue weighted by Gasteiger charge is 2.38. The van der Waals surface area contributed by atoms with Crippen LogP contribution in [0.2, 0.25) is 0 Å².